The van der Waals surface area contributed by atoms with Crippen LogP contribution in [0.25, 0.3) is 0 Å². The second-order valence-electron chi connectivity index (χ2n) is 11.4. The lowest BCUT2D eigenvalue weighted by Gasteiger charge is -2.57. The number of Topliss-reactive ketones (excluding diaryl/α,β-unsaturated/α-hetero) is 1. The number of carbonyl (C=O) groups is 1. The second-order valence-corrected chi connectivity index (χ2v) is 13.5. The van der Waals surface area contributed by atoms with E-state index in [-0.39, 0.29) is 34.5 Å². The predicted molar refractivity (Wildman–Crippen MR) is 125 cm³/mol. The molecule has 5 heteroatoms. The molecule has 0 aromatic heterocycles. The average Bonchev–Trinajstić information content (AvgIpc) is 3.09. The maximum absolute atomic E-state index is 13.7. The molecular weight excluding hydrogens is 420 g/mol. The van der Waals surface area contributed by atoms with Gasteiger partial charge in [-0.15, -0.1) is 0 Å². The van der Waals surface area contributed by atoms with Crippen LogP contribution in [0.2, 0.25) is 0 Å². The van der Waals surface area contributed by atoms with E-state index in [1.807, 2.05) is 6.07 Å². The highest BCUT2D eigenvalue weighted by Crippen LogP contribution is 2.65. The van der Waals surface area contributed by atoms with Crippen LogP contribution in [0.4, 0.5) is 0 Å². The summed E-state index contributed by atoms with van der Waals surface area (Å²) in [5.41, 5.74) is 1.10. The Morgan fingerprint density at radius 3 is 2.59 bits per heavy atom. The van der Waals surface area contributed by atoms with Crippen molar-refractivity contribution in [2.75, 3.05) is 5.75 Å². The molecule has 4 nitrogen and oxygen atoms in total. The maximum Gasteiger partial charge on any atom is 0.178 e. The van der Waals surface area contributed by atoms with E-state index >= 15 is 0 Å². The molecule has 0 heterocycles. The van der Waals surface area contributed by atoms with Crippen molar-refractivity contribution < 1.29 is 18.3 Å². The number of sulfone groups is 1. The Kier molecular flexibility index (Phi) is 5.45. The van der Waals surface area contributed by atoms with Crippen molar-refractivity contribution >= 4 is 15.6 Å². The lowest BCUT2D eigenvalue weighted by molar-refractivity contribution is -0.144. The first-order chi connectivity index (χ1) is 15.1. The van der Waals surface area contributed by atoms with Gasteiger partial charge in [0.25, 0.3) is 0 Å². The van der Waals surface area contributed by atoms with E-state index in [4.69, 9.17) is 0 Å². The van der Waals surface area contributed by atoms with Crippen molar-refractivity contribution in [2.45, 2.75) is 76.2 Å². The number of carbonyl (C=O) groups excluding carboxylic acids is 1. The average molecular weight is 457 g/mol. The van der Waals surface area contributed by atoms with Crippen LogP contribution in [0.15, 0.2) is 46.9 Å². The van der Waals surface area contributed by atoms with Crippen LogP contribution in [0.1, 0.15) is 65.2 Å². The van der Waals surface area contributed by atoms with Gasteiger partial charge >= 0.3 is 0 Å². The summed E-state index contributed by atoms with van der Waals surface area (Å²) < 4.78 is 25.8. The summed E-state index contributed by atoms with van der Waals surface area (Å²) in [5.74, 6) is 1.74. The summed E-state index contributed by atoms with van der Waals surface area (Å²) in [5, 5.41) is 10.2. The minimum atomic E-state index is -3.30. The molecule has 3 fully saturated rings. The van der Waals surface area contributed by atoms with Crippen LogP contribution in [0.5, 0.6) is 0 Å². The normalized spacial score (nSPS) is 41.4. The van der Waals surface area contributed by atoms with Crippen molar-refractivity contribution in [2.24, 2.45) is 34.5 Å². The van der Waals surface area contributed by atoms with E-state index in [2.05, 4.69) is 19.9 Å². The third-order valence-corrected chi connectivity index (χ3v) is 11.6. The van der Waals surface area contributed by atoms with Gasteiger partial charge in [-0.2, -0.15) is 0 Å². The molecule has 5 rings (SSSR count). The fourth-order valence-corrected chi connectivity index (χ4v) is 9.49. The van der Waals surface area contributed by atoms with E-state index in [1.165, 1.54) is 5.57 Å². The Morgan fingerprint density at radius 2 is 1.84 bits per heavy atom. The Labute approximate surface area is 192 Å². The fraction of sp³-hybridized carbons (Fsp3) is 0.667. The van der Waals surface area contributed by atoms with Gasteiger partial charge in [-0.1, -0.05) is 43.7 Å². The van der Waals surface area contributed by atoms with Crippen molar-refractivity contribution in [3.8, 4) is 0 Å². The zero-order chi connectivity index (χ0) is 22.7. The molecule has 4 aliphatic carbocycles. The minimum absolute atomic E-state index is 0.0693. The first-order valence-corrected chi connectivity index (χ1v) is 14.0. The highest BCUT2D eigenvalue weighted by atomic mass is 32.2. The molecule has 0 amide bonds. The summed E-state index contributed by atoms with van der Waals surface area (Å²) in [6, 6.07) is 8.74. The summed E-state index contributed by atoms with van der Waals surface area (Å²) in [6.07, 6.45) is 8.75. The van der Waals surface area contributed by atoms with E-state index in [0.717, 1.165) is 38.5 Å². The zero-order valence-corrected chi connectivity index (χ0v) is 20.1. The largest absolute Gasteiger partial charge is 0.393 e. The number of fused-ring (bicyclic) bond motifs is 5. The first kappa shape index (κ1) is 22.3. The molecule has 0 saturated heterocycles. The third kappa shape index (κ3) is 3.42. The lowest BCUT2D eigenvalue weighted by Crippen LogP contribution is -2.54. The van der Waals surface area contributed by atoms with Crippen molar-refractivity contribution in [3.63, 3.8) is 0 Å². The molecule has 1 N–H and O–H groups in total. The molecule has 0 aliphatic heterocycles. The third-order valence-electron chi connectivity index (χ3n) is 9.80. The summed E-state index contributed by atoms with van der Waals surface area (Å²) in [4.78, 5) is 14.1. The summed E-state index contributed by atoms with van der Waals surface area (Å²) in [7, 11) is -3.30. The van der Waals surface area contributed by atoms with Gasteiger partial charge < -0.3 is 5.11 Å². The van der Waals surface area contributed by atoms with E-state index in [1.54, 1.807) is 24.3 Å². The molecule has 174 valence electrons. The minimum Gasteiger partial charge on any atom is -0.393 e. The Morgan fingerprint density at radius 1 is 1.09 bits per heavy atom. The van der Waals surface area contributed by atoms with Crippen LogP contribution in [-0.4, -0.2) is 31.2 Å². The highest BCUT2D eigenvalue weighted by molar-refractivity contribution is 7.91. The van der Waals surface area contributed by atoms with Gasteiger partial charge in [-0.25, -0.2) is 8.42 Å². The molecule has 7 atom stereocenters. The van der Waals surface area contributed by atoms with Crippen LogP contribution in [-0.2, 0) is 14.6 Å². The van der Waals surface area contributed by atoms with E-state index < -0.39 is 9.84 Å². The number of aliphatic hydroxyl groups excluding tert-OH is 1. The number of allylic oxidation sites excluding steroid dienone is 1. The van der Waals surface area contributed by atoms with Crippen molar-refractivity contribution in [1.82, 2.24) is 0 Å². The molecule has 1 aromatic carbocycles. The van der Waals surface area contributed by atoms with Gasteiger partial charge in [0, 0.05) is 12.3 Å². The topological polar surface area (TPSA) is 71.4 Å². The smallest absolute Gasteiger partial charge is 0.178 e. The number of hydrogen-bond acceptors (Lipinski definition) is 4. The predicted octanol–water partition coefficient (Wildman–Crippen LogP) is 4.97. The number of hydrogen-bond donors (Lipinski definition) is 1. The number of aliphatic hydroxyl groups is 1. The second kappa shape index (κ2) is 7.80. The Bertz CT molecular complexity index is 1030. The highest BCUT2D eigenvalue weighted by Gasteiger charge is 2.61. The molecule has 6 unspecified atom stereocenters. The molecule has 0 radical (unpaired) electrons. The van der Waals surface area contributed by atoms with Gasteiger partial charge in [0.05, 0.1) is 16.8 Å². The fourth-order valence-electron chi connectivity index (χ4n) is 8.09. The maximum atomic E-state index is 13.7. The molecule has 3 saturated carbocycles. The van der Waals surface area contributed by atoms with Crippen LogP contribution < -0.4 is 0 Å². The van der Waals surface area contributed by atoms with E-state index in [0.29, 0.717) is 35.4 Å². The SMILES string of the molecule is CC12CCC(O)CC1=CCC1C2C(=O)CC2(C)C1CC[C@@H]2CCS(=O)(=O)c1ccccc1. The first-order valence-electron chi connectivity index (χ1n) is 12.3. The van der Waals surface area contributed by atoms with Gasteiger partial charge in [-0.3, -0.25) is 4.79 Å². The van der Waals surface area contributed by atoms with Gasteiger partial charge in [0.1, 0.15) is 5.78 Å². The van der Waals surface area contributed by atoms with Crippen LogP contribution in [0, 0.1) is 34.5 Å². The van der Waals surface area contributed by atoms with E-state index in [9.17, 15) is 18.3 Å². The molecule has 0 spiro atoms. The summed E-state index contributed by atoms with van der Waals surface area (Å²) >= 11 is 0. The standard InChI is InChI=1S/C27H36O4S/c1-26-14-12-20(28)16-19(26)8-10-22-23-11-9-18(27(23,2)17-24(29)25(22)26)13-15-32(30,31)21-6-4-3-5-7-21/h3-8,18,20,22-23,25,28H,9-17H2,1-2H3/t18-,20?,22?,23?,25?,26?,27?/m1/s1. The Balaban J connectivity index is 1.37. The molecule has 32 heavy (non-hydrogen) atoms. The number of rotatable bonds is 4. The quantitative estimate of drug-likeness (QED) is 0.650. The van der Waals surface area contributed by atoms with Gasteiger partial charge in [0.15, 0.2) is 9.84 Å². The van der Waals surface area contributed by atoms with Crippen molar-refractivity contribution in [3.05, 3.63) is 42.0 Å². The molecule has 0 bridgehead atoms. The van der Waals surface area contributed by atoms with Crippen LogP contribution in [0.3, 0.4) is 0 Å². The van der Waals surface area contributed by atoms with Gasteiger partial charge in [-0.05, 0) is 85.7 Å². The monoisotopic (exact) mass is 456 g/mol. The molecular formula is C27H36O4S. The number of ketones is 1. The van der Waals surface area contributed by atoms with Gasteiger partial charge in [0.2, 0.25) is 0 Å². The van der Waals surface area contributed by atoms with Crippen LogP contribution >= 0.6 is 0 Å². The lowest BCUT2D eigenvalue weighted by atomic mass is 9.47. The number of benzene rings is 1. The zero-order valence-electron chi connectivity index (χ0n) is 19.3. The van der Waals surface area contributed by atoms with Crippen molar-refractivity contribution in [1.29, 1.82) is 0 Å². The summed E-state index contributed by atoms with van der Waals surface area (Å²) in [6.45, 7) is 4.53. The molecule has 4 aliphatic rings. The molecule has 1 aromatic rings. The Hall–Kier alpha value is -1.46.